The van der Waals surface area contributed by atoms with Gasteiger partial charge in [0.05, 0.1) is 25.3 Å². The molecule has 0 amide bonds. The maximum Gasteiger partial charge on any atom is 0.162 e. The van der Waals surface area contributed by atoms with Crippen LogP contribution in [0, 0.1) is 11.3 Å². The predicted molar refractivity (Wildman–Crippen MR) is 50.3 cm³/mol. The Morgan fingerprint density at radius 1 is 1.43 bits per heavy atom. The minimum atomic E-state index is -0.0524. The van der Waals surface area contributed by atoms with Gasteiger partial charge in [-0.05, 0) is 12.1 Å². The monoisotopic (exact) mass is 193 g/mol. The second-order valence-electron chi connectivity index (χ2n) is 2.55. The Morgan fingerprint density at radius 2 is 2.21 bits per heavy atom. The maximum atomic E-state index is 8.64. The number of aliphatic hydroxyl groups excluding tert-OH is 1. The van der Waals surface area contributed by atoms with Crippen molar-refractivity contribution in [1.82, 2.24) is 0 Å². The van der Waals surface area contributed by atoms with Crippen molar-refractivity contribution in [3.05, 3.63) is 23.8 Å². The van der Waals surface area contributed by atoms with Gasteiger partial charge in [-0.25, -0.2) is 0 Å². The van der Waals surface area contributed by atoms with E-state index >= 15 is 0 Å². The normalized spacial score (nSPS) is 9.21. The number of nitriles is 1. The van der Waals surface area contributed by atoms with Crippen LogP contribution in [0.1, 0.15) is 5.56 Å². The van der Waals surface area contributed by atoms with Gasteiger partial charge >= 0.3 is 0 Å². The molecule has 0 unspecified atom stereocenters. The summed E-state index contributed by atoms with van der Waals surface area (Å²) in [5, 5.41) is 17.2. The Hall–Kier alpha value is -1.73. The first-order valence-electron chi connectivity index (χ1n) is 4.13. The van der Waals surface area contributed by atoms with Crippen LogP contribution in [-0.2, 0) is 0 Å². The van der Waals surface area contributed by atoms with Gasteiger partial charge in [0.25, 0.3) is 0 Å². The Morgan fingerprint density at radius 3 is 2.79 bits per heavy atom. The van der Waals surface area contributed by atoms with E-state index in [1.165, 1.54) is 7.11 Å². The highest BCUT2D eigenvalue weighted by Crippen LogP contribution is 2.27. The van der Waals surface area contributed by atoms with Crippen molar-refractivity contribution in [2.24, 2.45) is 0 Å². The first kappa shape index (κ1) is 10.4. The van der Waals surface area contributed by atoms with Crippen LogP contribution in [0.15, 0.2) is 18.2 Å². The average molecular weight is 193 g/mol. The first-order chi connectivity index (χ1) is 6.81. The first-order valence-corrected chi connectivity index (χ1v) is 4.13. The number of benzene rings is 1. The van der Waals surface area contributed by atoms with Gasteiger partial charge in [-0.15, -0.1) is 0 Å². The lowest BCUT2D eigenvalue weighted by molar-refractivity contribution is 0.196. The van der Waals surface area contributed by atoms with E-state index < -0.39 is 0 Å². The molecule has 1 aromatic carbocycles. The fraction of sp³-hybridized carbons (Fsp3) is 0.300. The van der Waals surface area contributed by atoms with Gasteiger partial charge in [0.1, 0.15) is 6.61 Å². The van der Waals surface area contributed by atoms with Crippen molar-refractivity contribution in [3.63, 3.8) is 0 Å². The molecule has 0 heterocycles. The topological polar surface area (TPSA) is 62.5 Å². The second-order valence-corrected chi connectivity index (χ2v) is 2.55. The highest BCUT2D eigenvalue weighted by molar-refractivity contribution is 5.46. The highest BCUT2D eigenvalue weighted by Gasteiger charge is 2.04. The summed E-state index contributed by atoms with van der Waals surface area (Å²) in [5.41, 5.74) is 0.512. The van der Waals surface area contributed by atoms with Crippen LogP contribution in [-0.4, -0.2) is 25.4 Å². The van der Waals surface area contributed by atoms with Crippen LogP contribution in [0.3, 0.4) is 0 Å². The van der Waals surface area contributed by atoms with Gasteiger partial charge in [-0.3, -0.25) is 0 Å². The van der Waals surface area contributed by atoms with Crippen molar-refractivity contribution < 1.29 is 14.6 Å². The summed E-state index contributed by atoms with van der Waals surface area (Å²) in [6, 6.07) is 6.87. The molecule has 0 atom stereocenters. The van der Waals surface area contributed by atoms with E-state index in [4.69, 9.17) is 19.8 Å². The van der Waals surface area contributed by atoms with E-state index in [2.05, 4.69) is 0 Å². The number of aliphatic hydroxyl groups is 1. The van der Waals surface area contributed by atoms with Crippen LogP contribution in [0.5, 0.6) is 11.5 Å². The molecular formula is C10H11NO3. The number of ether oxygens (including phenoxy) is 2. The Kier molecular flexibility index (Phi) is 3.77. The average Bonchev–Trinajstić information content (AvgIpc) is 2.26. The van der Waals surface area contributed by atoms with E-state index in [0.717, 1.165) is 0 Å². The molecule has 1 rings (SSSR count). The second kappa shape index (κ2) is 5.10. The van der Waals surface area contributed by atoms with E-state index in [1.807, 2.05) is 6.07 Å². The molecule has 0 bridgehead atoms. The molecular weight excluding hydrogens is 182 g/mol. The highest BCUT2D eigenvalue weighted by atomic mass is 16.5. The van der Waals surface area contributed by atoms with Gasteiger partial charge in [0.2, 0.25) is 0 Å². The number of rotatable bonds is 4. The quantitative estimate of drug-likeness (QED) is 0.772. The molecule has 0 radical (unpaired) electrons. The molecule has 0 aliphatic rings. The zero-order valence-corrected chi connectivity index (χ0v) is 7.86. The molecule has 14 heavy (non-hydrogen) atoms. The van der Waals surface area contributed by atoms with Gasteiger partial charge in [0, 0.05) is 6.07 Å². The van der Waals surface area contributed by atoms with Crippen LogP contribution < -0.4 is 9.47 Å². The third-order valence-electron chi connectivity index (χ3n) is 1.64. The molecule has 74 valence electrons. The summed E-state index contributed by atoms with van der Waals surface area (Å²) in [5.74, 6) is 1.03. The van der Waals surface area contributed by atoms with Crippen molar-refractivity contribution in [2.45, 2.75) is 0 Å². The van der Waals surface area contributed by atoms with Crippen molar-refractivity contribution >= 4 is 0 Å². The smallest absolute Gasteiger partial charge is 0.162 e. The fourth-order valence-electron chi connectivity index (χ4n) is 1.01. The molecule has 4 heteroatoms. The van der Waals surface area contributed by atoms with E-state index in [9.17, 15) is 0 Å². The van der Waals surface area contributed by atoms with E-state index in [1.54, 1.807) is 18.2 Å². The van der Waals surface area contributed by atoms with Crippen molar-refractivity contribution in [3.8, 4) is 17.6 Å². The van der Waals surface area contributed by atoms with Gasteiger partial charge in [0.15, 0.2) is 11.5 Å². The Labute approximate surface area is 82.3 Å². The molecule has 1 aromatic rings. The van der Waals surface area contributed by atoms with Crippen molar-refractivity contribution in [1.29, 1.82) is 5.26 Å². The van der Waals surface area contributed by atoms with Crippen LogP contribution >= 0.6 is 0 Å². The van der Waals surface area contributed by atoms with Crippen LogP contribution in [0.25, 0.3) is 0 Å². The molecule has 0 fully saturated rings. The number of hydrogen-bond acceptors (Lipinski definition) is 4. The Balaban J connectivity index is 2.89. The Bertz CT molecular complexity index is 344. The lowest BCUT2D eigenvalue weighted by atomic mass is 10.2. The summed E-state index contributed by atoms with van der Waals surface area (Å²) in [4.78, 5) is 0. The minimum absolute atomic E-state index is 0.0524. The van der Waals surface area contributed by atoms with Gasteiger partial charge in [-0.1, -0.05) is 0 Å². The van der Waals surface area contributed by atoms with Crippen LogP contribution in [0.2, 0.25) is 0 Å². The lowest BCUT2D eigenvalue weighted by Crippen LogP contribution is -2.03. The largest absolute Gasteiger partial charge is 0.493 e. The standard InChI is InChI=1S/C10H11NO3/c1-13-10-6-8(7-11)2-3-9(10)14-5-4-12/h2-3,6,12H,4-5H2,1H3. The summed E-state index contributed by atoms with van der Waals surface area (Å²) in [6.07, 6.45) is 0. The van der Waals surface area contributed by atoms with Crippen molar-refractivity contribution in [2.75, 3.05) is 20.3 Å². The molecule has 0 aromatic heterocycles. The lowest BCUT2D eigenvalue weighted by Gasteiger charge is -2.09. The molecule has 0 aliphatic carbocycles. The van der Waals surface area contributed by atoms with Crippen LogP contribution in [0.4, 0.5) is 0 Å². The third kappa shape index (κ3) is 2.38. The third-order valence-corrected chi connectivity index (χ3v) is 1.64. The summed E-state index contributed by atoms with van der Waals surface area (Å²) in [7, 11) is 1.50. The zero-order chi connectivity index (χ0) is 10.4. The van der Waals surface area contributed by atoms with Gasteiger partial charge in [-0.2, -0.15) is 5.26 Å². The number of nitrogens with zero attached hydrogens (tertiary/aromatic N) is 1. The minimum Gasteiger partial charge on any atom is -0.493 e. The SMILES string of the molecule is COc1cc(C#N)ccc1OCCO. The van der Waals surface area contributed by atoms with E-state index in [0.29, 0.717) is 17.1 Å². The maximum absolute atomic E-state index is 8.64. The summed E-state index contributed by atoms with van der Waals surface area (Å²) < 4.78 is 10.2. The molecule has 1 N–H and O–H groups in total. The summed E-state index contributed by atoms with van der Waals surface area (Å²) >= 11 is 0. The molecule has 4 nitrogen and oxygen atoms in total. The fourth-order valence-corrected chi connectivity index (χ4v) is 1.01. The number of hydrogen-bond donors (Lipinski definition) is 1. The van der Waals surface area contributed by atoms with Gasteiger partial charge < -0.3 is 14.6 Å². The molecule has 0 saturated heterocycles. The predicted octanol–water partition coefficient (Wildman–Crippen LogP) is 0.938. The molecule has 0 spiro atoms. The number of methoxy groups -OCH3 is 1. The molecule has 0 aliphatic heterocycles. The zero-order valence-electron chi connectivity index (χ0n) is 7.86. The van der Waals surface area contributed by atoms with E-state index in [-0.39, 0.29) is 13.2 Å². The molecule has 0 saturated carbocycles. The summed E-state index contributed by atoms with van der Waals surface area (Å²) in [6.45, 7) is 0.158.